The van der Waals surface area contributed by atoms with E-state index in [-0.39, 0.29) is 24.8 Å². The van der Waals surface area contributed by atoms with Crippen molar-refractivity contribution >= 4 is 23.2 Å². The van der Waals surface area contributed by atoms with E-state index in [0.717, 1.165) is 5.56 Å². The first-order valence-corrected chi connectivity index (χ1v) is 9.59. The Morgan fingerprint density at radius 1 is 1.07 bits per heavy atom. The van der Waals surface area contributed by atoms with E-state index < -0.39 is 0 Å². The fourth-order valence-corrected chi connectivity index (χ4v) is 3.08. The molecule has 1 amide bonds. The van der Waals surface area contributed by atoms with E-state index >= 15 is 0 Å². The molecule has 30 heavy (non-hydrogen) atoms. The molecule has 0 atom stereocenters. The van der Waals surface area contributed by atoms with Crippen molar-refractivity contribution < 1.29 is 13.9 Å². The summed E-state index contributed by atoms with van der Waals surface area (Å²) in [6.07, 6.45) is 0.173. The van der Waals surface area contributed by atoms with Gasteiger partial charge < -0.3 is 10.1 Å². The SMILES string of the molecule is O=C(Cc1ccc(F)cc1)NCCOc1ccc2nnc(-c3ccccc3Cl)n2n1. The first-order chi connectivity index (χ1) is 14.6. The molecule has 2 heterocycles. The quantitative estimate of drug-likeness (QED) is 0.459. The monoisotopic (exact) mass is 425 g/mol. The third-order valence-corrected chi connectivity index (χ3v) is 4.63. The number of benzene rings is 2. The molecule has 0 bridgehead atoms. The van der Waals surface area contributed by atoms with Gasteiger partial charge in [0.2, 0.25) is 11.8 Å². The Balaban J connectivity index is 1.35. The van der Waals surface area contributed by atoms with E-state index in [1.165, 1.54) is 12.1 Å². The van der Waals surface area contributed by atoms with E-state index in [9.17, 15) is 9.18 Å². The van der Waals surface area contributed by atoms with Crippen LogP contribution in [-0.4, -0.2) is 38.9 Å². The van der Waals surface area contributed by atoms with Crippen LogP contribution in [0.2, 0.25) is 5.02 Å². The van der Waals surface area contributed by atoms with Crippen LogP contribution in [0.15, 0.2) is 60.7 Å². The zero-order valence-electron chi connectivity index (χ0n) is 15.8. The van der Waals surface area contributed by atoms with E-state index in [0.29, 0.717) is 34.5 Å². The van der Waals surface area contributed by atoms with Crippen molar-refractivity contribution in [1.82, 2.24) is 25.1 Å². The molecule has 0 aliphatic heterocycles. The normalized spacial score (nSPS) is 10.9. The van der Waals surface area contributed by atoms with Crippen LogP contribution in [0.4, 0.5) is 4.39 Å². The van der Waals surface area contributed by atoms with Crippen LogP contribution < -0.4 is 10.1 Å². The van der Waals surface area contributed by atoms with Crippen molar-refractivity contribution in [2.45, 2.75) is 6.42 Å². The second-order valence-corrected chi connectivity index (χ2v) is 6.85. The lowest BCUT2D eigenvalue weighted by Crippen LogP contribution is -2.29. The van der Waals surface area contributed by atoms with Gasteiger partial charge in [0.15, 0.2) is 11.5 Å². The van der Waals surface area contributed by atoms with Crippen molar-refractivity contribution in [2.24, 2.45) is 0 Å². The summed E-state index contributed by atoms with van der Waals surface area (Å²) < 4.78 is 20.1. The summed E-state index contributed by atoms with van der Waals surface area (Å²) in [5, 5.41) is 16.0. The maximum atomic E-state index is 12.9. The predicted molar refractivity (Wildman–Crippen MR) is 110 cm³/mol. The number of aromatic nitrogens is 4. The molecule has 4 rings (SSSR count). The zero-order valence-corrected chi connectivity index (χ0v) is 16.5. The number of halogens is 2. The molecule has 0 saturated heterocycles. The van der Waals surface area contributed by atoms with Crippen molar-refractivity contribution in [2.75, 3.05) is 13.2 Å². The van der Waals surface area contributed by atoms with Crippen LogP contribution in [-0.2, 0) is 11.2 Å². The molecule has 2 aromatic carbocycles. The fourth-order valence-electron chi connectivity index (χ4n) is 2.86. The van der Waals surface area contributed by atoms with Gasteiger partial charge in [-0.25, -0.2) is 4.39 Å². The highest BCUT2D eigenvalue weighted by Gasteiger charge is 2.13. The lowest BCUT2D eigenvalue weighted by Gasteiger charge is -2.08. The predicted octanol–water partition coefficient (Wildman–Crippen LogP) is 3.32. The zero-order chi connectivity index (χ0) is 20.9. The van der Waals surface area contributed by atoms with Gasteiger partial charge in [0, 0.05) is 11.6 Å². The molecule has 2 aromatic heterocycles. The second kappa shape index (κ2) is 8.87. The lowest BCUT2D eigenvalue weighted by molar-refractivity contribution is -0.120. The molecular weight excluding hydrogens is 409 g/mol. The number of nitrogens with one attached hydrogen (secondary N) is 1. The maximum absolute atomic E-state index is 12.9. The molecule has 0 spiro atoms. The number of carbonyl (C=O) groups excluding carboxylic acids is 1. The van der Waals surface area contributed by atoms with Crippen LogP contribution >= 0.6 is 11.6 Å². The van der Waals surface area contributed by atoms with Crippen LogP contribution in [0.5, 0.6) is 5.88 Å². The van der Waals surface area contributed by atoms with Crippen LogP contribution in [0, 0.1) is 5.82 Å². The number of nitrogens with zero attached hydrogens (tertiary/aromatic N) is 4. The van der Waals surface area contributed by atoms with Gasteiger partial charge in [0.25, 0.3) is 0 Å². The average molecular weight is 426 g/mol. The topological polar surface area (TPSA) is 81.4 Å². The molecule has 1 N–H and O–H groups in total. The number of ether oxygens (including phenoxy) is 1. The van der Waals surface area contributed by atoms with Gasteiger partial charge in [-0.3, -0.25) is 4.79 Å². The van der Waals surface area contributed by atoms with Crippen LogP contribution in [0.25, 0.3) is 17.0 Å². The second-order valence-electron chi connectivity index (χ2n) is 6.45. The summed E-state index contributed by atoms with van der Waals surface area (Å²) >= 11 is 6.25. The Kier molecular flexibility index (Phi) is 5.85. The highest BCUT2D eigenvalue weighted by molar-refractivity contribution is 6.33. The number of hydrogen-bond acceptors (Lipinski definition) is 5. The number of hydrogen-bond donors (Lipinski definition) is 1. The van der Waals surface area contributed by atoms with Crippen LogP contribution in [0.3, 0.4) is 0 Å². The van der Waals surface area contributed by atoms with E-state index in [4.69, 9.17) is 16.3 Å². The Morgan fingerprint density at radius 2 is 1.87 bits per heavy atom. The van der Waals surface area contributed by atoms with Crippen molar-refractivity contribution in [3.05, 3.63) is 77.1 Å². The molecule has 4 aromatic rings. The lowest BCUT2D eigenvalue weighted by atomic mass is 10.1. The Morgan fingerprint density at radius 3 is 2.67 bits per heavy atom. The van der Waals surface area contributed by atoms with Gasteiger partial charge in [-0.05, 0) is 35.9 Å². The molecule has 152 valence electrons. The van der Waals surface area contributed by atoms with Gasteiger partial charge in [0.1, 0.15) is 12.4 Å². The summed E-state index contributed by atoms with van der Waals surface area (Å²) in [7, 11) is 0. The summed E-state index contributed by atoms with van der Waals surface area (Å²) in [4.78, 5) is 12.0. The minimum absolute atomic E-state index is 0.173. The van der Waals surface area contributed by atoms with E-state index in [1.54, 1.807) is 34.8 Å². The van der Waals surface area contributed by atoms with Gasteiger partial charge >= 0.3 is 0 Å². The van der Waals surface area contributed by atoms with Crippen molar-refractivity contribution in [3.63, 3.8) is 0 Å². The Bertz CT molecular complexity index is 1180. The number of carbonyl (C=O) groups is 1. The molecular formula is C21H17ClFN5O2. The standard InChI is InChI=1S/C21H17ClFN5O2/c22-17-4-2-1-3-16(17)21-26-25-18-9-10-20(27-28(18)21)30-12-11-24-19(29)13-14-5-7-15(23)8-6-14/h1-10H,11-13H2,(H,24,29). The molecule has 0 aliphatic rings. The molecule has 0 aliphatic carbocycles. The number of rotatable bonds is 7. The molecule has 0 unspecified atom stereocenters. The third-order valence-electron chi connectivity index (χ3n) is 4.31. The fraction of sp³-hybridized carbons (Fsp3) is 0.143. The first kappa shape index (κ1) is 19.8. The summed E-state index contributed by atoms with van der Waals surface area (Å²) in [5.41, 5.74) is 2.01. The Hall–Kier alpha value is -3.52. The molecule has 7 nitrogen and oxygen atoms in total. The molecule has 0 radical (unpaired) electrons. The van der Waals surface area contributed by atoms with Crippen molar-refractivity contribution in [1.29, 1.82) is 0 Å². The Labute approximate surface area is 176 Å². The smallest absolute Gasteiger partial charge is 0.231 e. The minimum Gasteiger partial charge on any atom is -0.475 e. The molecule has 0 saturated carbocycles. The third kappa shape index (κ3) is 4.55. The van der Waals surface area contributed by atoms with E-state index in [1.807, 2.05) is 18.2 Å². The molecule has 0 fully saturated rings. The summed E-state index contributed by atoms with van der Waals surface area (Å²) in [6, 6.07) is 16.5. The first-order valence-electron chi connectivity index (χ1n) is 9.21. The van der Waals surface area contributed by atoms with Gasteiger partial charge in [-0.1, -0.05) is 35.9 Å². The highest BCUT2D eigenvalue weighted by Crippen LogP contribution is 2.26. The highest BCUT2D eigenvalue weighted by atomic mass is 35.5. The minimum atomic E-state index is -0.331. The molecule has 9 heteroatoms. The number of fused-ring (bicyclic) bond motifs is 1. The van der Waals surface area contributed by atoms with E-state index in [2.05, 4.69) is 20.6 Å². The van der Waals surface area contributed by atoms with Crippen LogP contribution in [0.1, 0.15) is 5.56 Å². The summed E-state index contributed by atoms with van der Waals surface area (Å²) in [6.45, 7) is 0.538. The van der Waals surface area contributed by atoms with Gasteiger partial charge in [-0.2, -0.15) is 4.52 Å². The van der Waals surface area contributed by atoms with Gasteiger partial charge in [-0.15, -0.1) is 15.3 Å². The largest absolute Gasteiger partial charge is 0.475 e. The van der Waals surface area contributed by atoms with Crippen molar-refractivity contribution in [3.8, 4) is 17.3 Å². The number of amides is 1. The maximum Gasteiger partial charge on any atom is 0.231 e. The van der Waals surface area contributed by atoms with Gasteiger partial charge in [0.05, 0.1) is 18.0 Å². The average Bonchev–Trinajstić information content (AvgIpc) is 3.16. The summed E-state index contributed by atoms with van der Waals surface area (Å²) in [5.74, 6) is 0.369.